The van der Waals surface area contributed by atoms with Crippen molar-refractivity contribution in [3.8, 4) is 0 Å². The first-order chi connectivity index (χ1) is 12.7. The highest BCUT2D eigenvalue weighted by Crippen LogP contribution is 2.31. The fourth-order valence-electron chi connectivity index (χ4n) is 3.26. The van der Waals surface area contributed by atoms with Crippen LogP contribution in [-0.4, -0.2) is 40.0 Å². The summed E-state index contributed by atoms with van der Waals surface area (Å²) < 4.78 is 1.23. The molecular formula is C19H21N5OS. The number of piperidine rings is 1. The highest BCUT2D eigenvalue weighted by molar-refractivity contribution is 7.22. The fraction of sp³-hybridized carbons (Fsp3) is 0.368. The van der Waals surface area contributed by atoms with Gasteiger partial charge in [0.25, 0.3) is 5.91 Å². The van der Waals surface area contributed by atoms with Crippen molar-refractivity contribution >= 4 is 32.6 Å². The number of hydrogen-bond acceptors (Lipinski definition) is 6. The molecular weight excluding hydrogens is 346 g/mol. The van der Waals surface area contributed by atoms with E-state index < -0.39 is 0 Å². The van der Waals surface area contributed by atoms with Crippen LogP contribution in [0.2, 0.25) is 0 Å². The number of anilines is 1. The van der Waals surface area contributed by atoms with Crippen LogP contribution in [0.1, 0.15) is 35.8 Å². The number of hydrogen-bond donors (Lipinski definition) is 1. The van der Waals surface area contributed by atoms with Crippen molar-refractivity contribution in [3.05, 3.63) is 48.0 Å². The molecule has 0 saturated carbocycles. The molecule has 0 radical (unpaired) electrons. The predicted octanol–water partition coefficient (Wildman–Crippen LogP) is 3.05. The molecule has 1 fully saturated rings. The highest BCUT2D eigenvalue weighted by atomic mass is 32.1. The van der Waals surface area contributed by atoms with Gasteiger partial charge in [0.15, 0.2) is 5.13 Å². The van der Waals surface area contributed by atoms with Gasteiger partial charge in [0, 0.05) is 31.5 Å². The van der Waals surface area contributed by atoms with Crippen molar-refractivity contribution in [3.63, 3.8) is 0 Å². The largest absolute Gasteiger partial charge is 0.346 e. The minimum Gasteiger partial charge on any atom is -0.346 e. The van der Waals surface area contributed by atoms with Crippen LogP contribution in [-0.2, 0) is 6.42 Å². The second kappa shape index (κ2) is 7.37. The number of amides is 1. The van der Waals surface area contributed by atoms with E-state index in [2.05, 4.69) is 45.3 Å². The fourth-order valence-corrected chi connectivity index (χ4v) is 4.32. The van der Waals surface area contributed by atoms with Crippen LogP contribution in [0.5, 0.6) is 0 Å². The maximum Gasteiger partial charge on any atom is 0.271 e. The number of carbonyl (C=O) groups is 1. The molecule has 26 heavy (non-hydrogen) atoms. The van der Waals surface area contributed by atoms with E-state index in [1.807, 2.05) is 0 Å². The molecule has 1 unspecified atom stereocenters. The van der Waals surface area contributed by atoms with Crippen molar-refractivity contribution in [2.45, 2.75) is 32.2 Å². The van der Waals surface area contributed by atoms with Crippen LogP contribution in [0, 0.1) is 0 Å². The van der Waals surface area contributed by atoms with Gasteiger partial charge in [-0.3, -0.25) is 9.78 Å². The van der Waals surface area contributed by atoms with Crippen molar-refractivity contribution in [2.24, 2.45) is 0 Å². The SMILES string of the molecule is CCc1ccc2nc(N3CCCC(NC(=O)c4cnccn4)C3)sc2c1. The molecule has 1 aromatic carbocycles. The molecule has 6 nitrogen and oxygen atoms in total. The Labute approximate surface area is 156 Å². The standard InChI is InChI=1S/C19H21N5OS/c1-2-13-5-6-15-17(10-13)26-19(23-15)24-9-3-4-14(12-24)22-18(25)16-11-20-7-8-21-16/h5-8,10-11,14H,2-4,9,12H2,1H3,(H,22,25). The van der Waals surface area contributed by atoms with Crippen LogP contribution in [0.25, 0.3) is 10.2 Å². The number of aromatic nitrogens is 3. The summed E-state index contributed by atoms with van der Waals surface area (Å²) >= 11 is 1.73. The number of fused-ring (bicyclic) bond motifs is 1. The van der Waals surface area contributed by atoms with E-state index in [9.17, 15) is 4.79 Å². The van der Waals surface area contributed by atoms with Crippen LogP contribution in [0.4, 0.5) is 5.13 Å². The van der Waals surface area contributed by atoms with Crippen LogP contribution in [0.15, 0.2) is 36.8 Å². The van der Waals surface area contributed by atoms with Crippen molar-refractivity contribution in [1.82, 2.24) is 20.3 Å². The summed E-state index contributed by atoms with van der Waals surface area (Å²) in [6, 6.07) is 6.57. The molecule has 7 heteroatoms. The third-order valence-corrected chi connectivity index (χ3v) is 5.75. The van der Waals surface area contributed by atoms with Crippen LogP contribution in [0.3, 0.4) is 0 Å². The quantitative estimate of drug-likeness (QED) is 0.767. The molecule has 3 aromatic rings. The Balaban J connectivity index is 1.47. The van der Waals surface area contributed by atoms with Gasteiger partial charge in [0.2, 0.25) is 0 Å². The van der Waals surface area contributed by atoms with Gasteiger partial charge in [0.05, 0.1) is 16.4 Å². The molecule has 1 saturated heterocycles. The Hall–Kier alpha value is -2.54. The minimum atomic E-state index is -0.165. The number of thiazole rings is 1. The Morgan fingerprint density at radius 1 is 1.38 bits per heavy atom. The lowest BCUT2D eigenvalue weighted by Gasteiger charge is -2.32. The van der Waals surface area contributed by atoms with Gasteiger partial charge >= 0.3 is 0 Å². The molecule has 1 amide bonds. The molecule has 1 aliphatic heterocycles. The molecule has 1 aliphatic rings. The van der Waals surface area contributed by atoms with Gasteiger partial charge in [-0.15, -0.1) is 0 Å². The first-order valence-electron chi connectivity index (χ1n) is 8.94. The van der Waals surface area contributed by atoms with Crippen LogP contribution >= 0.6 is 11.3 Å². The third-order valence-electron chi connectivity index (χ3n) is 4.67. The summed E-state index contributed by atoms with van der Waals surface area (Å²) in [6.45, 7) is 3.91. The Kier molecular flexibility index (Phi) is 4.79. The second-order valence-corrected chi connectivity index (χ2v) is 7.51. The number of benzene rings is 1. The summed E-state index contributed by atoms with van der Waals surface area (Å²) in [5.41, 5.74) is 2.74. The summed E-state index contributed by atoms with van der Waals surface area (Å²) in [5, 5.41) is 4.11. The predicted molar refractivity (Wildman–Crippen MR) is 104 cm³/mol. The zero-order valence-electron chi connectivity index (χ0n) is 14.7. The van der Waals surface area contributed by atoms with Crippen LogP contribution < -0.4 is 10.2 Å². The lowest BCUT2D eigenvalue weighted by molar-refractivity contribution is 0.0927. The van der Waals surface area contributed by atoms with Crippen molar-refractivity contribution in [2.75, 3.05) is 18.0 Å². The molecule has 3 heterocycles. The molecule has 0 aliphatic carbocycles. The first kappa shape index (κ1) is 16.9. The van der Waals surface area contributed by atoms with E-state index in [1.165, 1.54) is 22.7 Å². The van der Waals surface area contributed by atoms with E-state index in [0.717, 1.165) is 43.0 Å². The normalized spacial score (nSPS) is 17.4. The van der Waals surface area contributed by atoms with E-state index >= 15 is 0 Å². The topological polar surface area (TPSA) is 71.0 Å². The summed E-state index contributed by atoms with van der Waals surface area (Å²) in [5.74, 6) is -0.165. The van der Waals surface area contributed by atoms with E-state index in [1.54, 1.807) is 17.5 Å². The van der Waals surface area contributed by atoms with Gasteiger partial charge in [-0.05, 0) is 37.0 Å². The molecule has 2 aromatic heterocycles. The minimum absolute atomic E-state index is 0.0940. The third kappa shape index (κ3) is 3.53. The van der Waals surface area contributed by atoms with E-state index in [0.29, 0.717) is 5.69 Å². The molecule has 134 valence electrons. The van der Waals surface area contributed by atoms with Gasteiger partial charge in [-0.1, -0.05) is 24.3 Å². The Morgan fingerprint density at radius 2 is 2.31 bits per heavy atom. The number of nitrogens with zero attached hydrogens (tertiary/aromatic N) is 4. The molecule has 4 rings (SSSR count). The van der Waals surface area contributed by atoms with Gasteiger partial charge < -0.3 is 10.2 Å². The zero-order valence-corrected chi connectivity index (χ0v) is 15.5. The zero-order chi connectivity index (χ0) is 17.9. The monoisotopic (exact) mass is 367 g/mol. The Morgan fingerprint density at radius 3 is 3.12 bits per heavy atom. The summed E-state index contributed by atoms with van der Waals surface area (Å²) in [7, 11) is 0. The average molecular weight is 367 g/mol. The smallest absolute Gasteiger partial charge is 0.271 e. The number of rotatable bonds is 4. The van der Waals surface area contributed by atoms with Gasteiger partial charge in [-0.25, -0.2) is 9.97 Å². The van der Waals surface area contributed by atoms with E-state index in [4.69, 9.17) is 4.98 Å². The highest BCUT2D eigenvalue weighted by Gasteiger charge is 2.24. The van der Waals surface area contributed by atoms with Gasteiger partial charge in [-0.2, -0.15) is 0 Å². The number of aryl methyl sites for hydroxylation is 1. The second-order valence-electron chi connectivity index (χ2n) is 6.50. The van der Waals surface area contributed by atoms with Crippen molar-refractivity contribution in [1.29, 1.82) is 0 Å². The number of nitrogens with one attached hydrogen (secondary N) is 1. The first-order valence-corrected chi connectivity index (χ1v) is 9.76. The van der Waals surface area contributed by atoms with E-state index in [-0.39, 0.29) is 11.9 Å². The maximum absolute atomic E-state index is 12.3. The maximum atomic E-state index is 12.3. The molecule has 1 N–H and O–H groups in total. The summed E-state index contributed by atoms with van der Waals surface area (Å²) in [6.07, 6.45) is 7.62. The van der Waals surface area contributed by atoms with Gasteiger partial charge in [0.1, 0.15) is 5.69 Å². The Bertz CT molecular complexity index is 911. The number of carbonyl (C=O) groups excluding carboxylic acids is 1. The summed E-state index contributed by atoms with van der Waals surface area (Å²) in [4.78, 5) is 27.4. The lowest BCUT2D eigenvalue weighted by Crippen LogP contribution is -2.48. The molecule has 0 bridgehead atoms. The lowest BCUT2D eigenvalue weighted by atomic mass is 10.1. The molecule has 0 spiro atoms. The average Bonchev–Trinajstić information content (AvgIpc) is 3.12. The molecule has 1 atom stereocenters. The van der Waals surface area contributed by atoms with Crippen molar-refractivity contribution < 1.29 is 4.79 Å².